The van der Waals surface area contributed by atoms with E-state index in [-0.39, 0.29) is 0 Å². The van der Waals surface area contributed by atoms with Crippen molar-refractivity contribution in [2.75, 3.05) is 5.32 Å². The maximum absolute atomic E-state index is 10.8. The van der Waals surface area contributed by atoms with Crippen molar-refractivity contribution in [3.63, 3.8) is 0 Å². The van der Waals surface area contributed by atoms with Crippen LogP contribution in [0.25, 0.3) is 0 Å². The minimum absolute atomic E-state index is 0.424. The summed E-state index contributed by atoms with van der Waals surface area (Å²) in [4.78, 5) is 19.3. The Morgan fingerprint density at radius 2 is 2.27 bits per heavy atom. The van der Waals surface area contributed by atoms with Gasteiger partial charge >= 0.3 is 0 Å². The second kappa shape index (κ2) is 4.05. The number of anilines is 2. The molecule has 0 fully saturated rings. The van der Waals surface area contributed by atoms with E-state index in [1.807, 2.05) is 18.2 Å². The summed E-state index contributed by atoms with van der Waals surface area (Å²) in [6, 6.07) is 5.49. The largest absolute Gasteiger partial charge is 0.365 e. The van der Waals surface area contributed by atoms with Crippen molar-refractivity contribution < 1.29 is 4.79 Å². The van der Waals surface area contributed by atoms with E-state index >= 15 is 0 Å². The third-order valence-corrected chi connectivity index (χ3v) is 2.58. The van der Waals surface area contributed by atoms with Crippen LogP contribution in [0.15, 0.2) is 30.6 Å². The fraction of sp³-hybridized carbons (Fsp3) is 0. The van der Waals surface area contributed by atoms with E-state index in [9.17, 15) is 4.79 Å². The van der Waals surface area contributed by atoms with Gasteiger partial charge in [-0.3, -0.25) is 4.79 Å². The van der Waals surface area contributed by atoms with Crippen LogP contribution in [0.2, 0.25) is 0 Å². The summed E-state index contributed by atoms with van der Waals surface area (Å²) in [7, 11) is 0. The molecular formula is C9H8N4OS. The number of primary amides is 1. The van der Waals surface area contributed by atoms with Gasteiger partial charge in [0.15, 0.2) is 5.13 Å². The third-order valence-electron chi connectivity index (χ3n) is 1.65. The van der Waals surface area contributed by atoms with Crippen molar-refractivity contribution in [2.24, 2.45) is 5.73 Å². The lowest BCUT2D eigenvalue weighted by Gasteiger charge is -1.98. The molecule has 0 aliphatic heterocycles. The van der Waals surface area contributed by atoms with Gasteiger partial charge in [0.2, 0.25) is 0 Å². The van der Waals surface area contributed by atoms with Crippen LogP contribution in [0.4, 0.5) is 10.9 Å². The van der Waals surface area contributed by atoms with Gasteiger partial charge in [0.1, 0.15) is 10.7 Å². The predicted molar refractivity (Wildman–Crippen MR) is 58.2 cm³/mol. The zero-order chi connectivity index (χ0) is 10.7. The molecule has 0 saturated carbocycles. The molecule has 0 aromatic carbocycles. The summed E-state index contributed by atoms with van der Waals surface area (Å²) >= 11 is 1.20. The number of rotatable bonds is 3. The van der Waals surface area contributed by atoms with Gasteiger partial charge in [-0.15, -0.1) is 0 Å². The molecule has 76 valence electrons. The SMILES string of the molecule is NC(=O)c1cnc(Nc2ccccn2)s1. The van der Waals surface area contributed by atoms with E-state index in [1.165, 1.54) is 17.5 Å². The fourth-order valence-corrected chi connectivity index (χ4v) is 1.67. The molecule has 2 aromatic heterocycles. The van der Waals surface area contributed by atoms with Gasteiger partial charge in [0.05, 0.1) is 6.20 Å². The number of nitrogens with one attached hydrogen (secondary N) is 1. The van der Waals surface area contributed by atoms with Gasteiger partial charge in [-0.1, -0.05) is 17.4 Å². The van der Waals surface area contributed by atoms with Crippen molar-refractivity contribution in [1.29, 1.82) is 0 Å². The van der Waals surface area contributed by atoms with Crippen molar-refractivity contribution in [2.45, 2.75) is 0 Å². The van der Waals surface area contributed by atoms with Gasteiger partial charge < -0.3 is 11.1 Å². The Balaban J connectivity index is 2.15. The van der Waals surface area contributed by atoms with Gasteiger partial charge in [0.25, 0.3) is 5.91 Å². The van der Waals surface area contributed by atoms with E-state index in [2.05, 4.69) is 15.3 Å². The molecule has 1 amide bonds. The summed E-state index contributed by atoms with van der Waals surface area (Å²) in [5, 5.41) is 3.57. The molecular weight excluding hydrogens is 212 g/mol. The minimum atomic E-state index is -0.471. The second-order valence-electron chi connectivity index (χ2n) is 2.73. The zero-order valence-electron chi connectivity index (χ0n) is 7.68. The number of aromatic nitrogens is 2. The minimum Gasteiger partial charge on any atom is -0.365 e. The lowest BCUT2D eigenvalue weighted by atomic mass is 10.5. The van der Waals surface area contributed by atoms with Crippen molar-refractivity contribution >= 4 is 28.2 Å². The maximum Gasteiger partial charge on any atom is 0.260 e. The number of carbonyl (C=O) groups excluding carboxylic acids is 1. The smallest absolute Gasteiger partial charge is 0.260 e. The first-order valence-electron chi connectivity index (χ1n) is 4.19. The summed E-state index contributed by atoms with van der Waals surface area (Å²) < 4.78 is 0. The molecule has 0 aliphatic rings. The molecule has 6 heteroatoms. The number of carbonyl (C=O) groups is 1. The first-order chi connectivity index (χ1) is 7.25. The normalized spacial score (nSPS) is 9.87. The molecule has 3 N–H and O–H groups in total. The molecule has 0 aliphatic carbocycles. The van der Waals surface area contributed by atoms with E-state index < -0.39 is 5.91 Å². The van der Waals surface area contributed by atoms with Crippen LogP contribution in [0.1, 0.15) is 9.67 Å². The highest BCUT2D eigenvalue weighted by Crippen LogP contribution is 2.20. The number of nitrogens with two attached hydrogens (primary N) is 1. The van der Waals surface area contributed by atoms with Gasteiger partial charge in [-0.2, -0.15) is 0 Å². The molecule has 2 rings (SSSR count). The number of pyridine rings is 1. The average Bonchev–Trinajstić information content (AvgIpc) is 2.68. The van der Waals surface area contributed by atoms with Crippen molar-refractivity contribution in [3.05, 3.63) is 35.5 Å². The van der Waals surface area contributed by atoms with Crippen LogP contribution >= 0.6 is 11.3 Å². The number of hydrogen-bond acceptors (Lipinski definition) is 5. The first kappa shape index (κ1) is 9.60. The van der Waals surface area contributed by atoms with Crippen LogP contribution in [0.5, 0.6) is 0 Å². The van der Waals surface area contributed by atoms with Crippen LogP contribution in [-0.2, 0) is 0 Å². The highest BCUT2D eigenvalue weighted by molar-refractivity contribution is 7.17. The van der Waals surface area contributed by atoms with Gasteiger partial charge in [-0.25, -0.2) is 9.97 Å². The van der Waals surface area contributed by atoms with Crippen LogP contribution in [0, 0.1) is 0 Å². The molecule has 2 aromatic rings. The van der Waals surface area contributed by atoms with Crippen molar-refractivity contribution in [3.8, 4) is 0 Å². The number of hydrogen-bond donors (Lipinski definition) is 2. The van der Waals surface area contributed by atoms with E-state index in [1.54, 1.807) is 6.20 Å². The molecule has 0 spiro atoms. The lowest BCUT2D eigenvalue weighted by molar-refractivity contribution is 0.100. The highest BCUT2D eigenvalue weighted by atomic mass is 32.1. The Hall–Kier alpha value is -1.95. The average molecular weight is 220 g/mol. The molecule has 15 heavy (non-hydrogen) atoms. The van der Waals surface area contributed by atoms with Gasteiger partial charge in [0, 0.05) is 6.20 Å². The lowest BCUT2D eigenvalue weighted by Crippen LogP contribution is -2.08. The van der Waals surface area contributed by atoms with Crippen LogP contribution in [-0.4, -0.2) is 15.9 Å². The monoisotopic (exact) mass is 220 g/mol. The Bertz CT molecular complexity index is 468. The maximum atomic E-state index is 10.8. The second-order valence-corrected chi connectivity index (χ2v) is 3.76. The summed E-state index contributed by atoms with van der Waals surface area (Å²) in [6.07, 6.45) is 3.11. The Morgan fingerprint density at radius 3 is 2.87 bits per heavy atom. The predicted octanol–water partition coefficient (Wildman–Crippen LogP) is 1.38. The van der Waals surface area contributed by atoms with E-state index in [0.29, 0.717) is 15.8 Å². The number of thiazole rings is 1. The summed E-state index contributed by atoms with van der Waals surface area (Å²) in [5.41, 5.74) is 5.11. The summed E-state index contributed by atoms with van der Waals surface area (Å²) in [6.45, 7) is 0. The molecule has 0 bridgehead atoms. The summed E-state index contributed by atoms with van der Waals surface area (Å²) in [5.74, 6) is 0.212. The van der Waals surface area contributed by atoms with Crippen molar-refractivity contribution in [1.82, 2.24) is 9.97 Å². The Labute approximate surface area is 90.0 Å². The number of amides is 1. The first-order valence-corrected chi connectivity index (χ1v) is 5.01. The molecule has 0 atom stereocenters. The number of nitrogens with zero attached hydrogens (tertiary/aromatic N) is 2. The van der Waals surface area contributed by atoms with Gasteiger partial charge in [-0.05, 0) is 12.1 Å². The van der Waals surface area contributed by atoms with Crippen LogP contribution < -0.4 is 11.1 Å². The molecule has 5 nitrogen and oxygen atoms in total. The molecule has 0 saturated heterocycles. The fourth-order valence-electron chi connectivity index (χ4n) is 0.992. The zero-order valence-corrected chi connectivity index (χ0v) is 8.49. The quantitative estimate of drug-likeness (QED) is 0.818. The Kier molecular flexibility index (Phi) is 2.59. The topological polar surface area (TPSA) is 80.9 Å². The van der Waals surface area contributed by atoms with E-state index in [0.717, 1.165) is 0 Å². The standard InChI is InChI=1S/C9H8N4OS/c10-8(14)6-5-12-9(15-6)13-7-3-1-2-4-11-7/h1-5H,(H2,10,14)(H,11,12,13). The highest BCUT2D eigenvalue weighted by Gasteiger charge is 2.06. The van der Waals surface area contributed by atoms with Crippen LogP contribution in [0.3, 0.4) is 0 Å². The molecule has 2 heterocycles. The molecule has 0 unspecified atom stereocenters. The molecule has 0 radical (unpaired) electrons. The Morgan fingerprint density at radius 1 is 1.40 bits per heavy atom. The third kappa shape index (κ3) is 2.29. The van der Waals surface area contributed by atoms with E-state index in [4.69, 9.17) is 5.73 Å².